The summed E-state index contributed by atoms with van der Waals surface area (Å²) in [5.41, 5.74) is 0. The first-order valence-corrected chi connectivity index (χ1v) is 5.50. The SMILES string of the molecule is C[C@@H](CCO)CCCCI. The van der Waals surface area contributed by atoms with Gasteiger partial charge in [-0.15, -0.1) is 0 Å². The van der Waals surface area contributed by atoms with Crippen LogP contribution in [-0.2, 0) is 0 Å². The molecule has 0 saturated heterocycles. The summed E-state index contributed by atoms with van der Waals surface area (Å²) in [6.45, 7) is 2.56. The van der Waals surface area contributed by atoms with Gasteiger partial charge in [0.15, 0.2) is 0 Å². The third kappa shape index (κ3) is 6.81. The van der Waals surface area contributed by atoms with E-state index in [1.54, 1.807) is 0 Å². The van der Waals surface area contributed by atoms with Gasteiger partial charge in [-0.3, -0.25) is 0 Å². The number of rotatable bonds is 6. The van der Waals surface area contributed by atoms with E-state index < -0.39 is 0 Å². The molecule has 2 heteroatoms. The quantitative estimate of drug-likeness (QED) is 0.440. The molecule has 62 valence electrons. The Kier molecular flexibility index (Phi) is 8.33. The summed E-state index contributed by atoms with van der Waals surface area (Å²) in [6, 6.07) is 0. The van der Waals surface area contributed by atoms with Crippen LogP contribution < -0.4 is 0 Å². The maximum Gasteiger partial charge on any atom is 0.0433 e. The van der Waals surface area contributed by atoms with Crippen molar-refractivity contribution >= 4 is 22.6 Å². The van der Waals surface area contributed by atoms with Gasteiger partial charge in [0.25, 0.3) is 0 Å². The number of aliphatic hydroxyl groups excluding tert-OH is 1. The van der Waals surface area contributed by atoms with Gasteiger partial charge in [-0.05, 0) is 23.2 Å². The van der Waals surface area contributed by atoms with Crippen LogP contribution in [0.25, 0.3) is 0 Å². The van der Waals surface area contributed by atoms with E-state index in [0.29, 0.717) is 12.5 Å². The average Bonchev–Trinajstić information content (AvgIpc) is 1.89. The molecule has 1 nitrogen and oxygen atoms in total. The largest absolute Gasteiger partial charge is 0.396 e. The van der Waals surface area contributed by atoms with E-state index in [1.165, 1.54) is 23.7 Å². The maximum atomic E-state index is 8.59. The van der Waals surface area contributed by atoms with Crippen LogP contribution >= 0.6 is 22.6 Å². The van der Waals surface area contributed by atoms with Crippen LogP contribution in [0.15, 0.2) is 0 Å². The van der Waals surface area contributed by atoms with Crippen LogP contribution in [0, 0.1) is 5.92 Å². The van der Waals surface area contributed by atoms with Gasteiger partial charge in [0.05, 0.1) is 0 Å². The highest BCUT2D eigenvalue weighted by molar-refractivity contribution is 14.1. The molecule has 1 atom stereocenters. The lowest BCUT2D eigenvalue weighted by molar-refractivity contribution is 0.257. The summed E-state index contributed by atoms with van der Waals surface area (Å²) in [7, 11) is 0. The first-order chi connectivity index (χ1) is 4.81. The molecule has 0 unspecified atom stereocenters. The highest BCUT2D eigenvalue weighted by atomic mass is 127. The molecule has 0 radical (unpaired) electrons. The Morgan fingerprint density at radius 1 is 1.30 bits per heavy atom. The molecule has 0 bridgehead atoms. The average molecular weight is 256 g/mol. The van der Waals surface area contributed by atoms with E-state index in [2.05, 4.69) is 29.5 Å². The molecule has 0 aromatic heterocycles. The minimum absolute atomic E-state index is 0.353. The molecule has 0 fully saturated rings. The van der Waals surface area contributed by atoms with Gasteiger partial charge in [-0.2, -0.15) is 0 Å². The fraction of sp³-hybridized carbons (Fsp3) is 1.00. The second kappa shape index (κ2) is 7.79. The molecular formula is C8H17IO. The van der Waals surface area contributed by atoms with Gasteiger partial charge >= 0.3 is 0 Å². The summed E-state index contributed by atoms with van der Waals surface area (Å²) in [5.74, 6) is 0.716. The van der Waals surface area contributed by atoms with Crippen molar-refractivity contribution in [3.8, 4) is 0 Å². The summed E-state index contributed by atoms with van der Waals surface area (Å²) in [5, 5.41) is 8.59. The van der Waals surface area contributed by atoms with Crippen LogP contribution in [0.2, 0.25) is 0 Å². The number of hydrogen-bond acceptors (Lipinski definition) is 1. The van der Waals surface area contributed by atoms with E-state index in [9.17, 15) is 0 Å². The van der Waals surface area contributed by atoms with E-state index in [-0.39, 0.29) is 0 Å². The maximum absolute atomic E-state index is 8.59. The van der Waals surface area contributed by atoms with Gasteiger partial charge in [0.1, 0.15) is 0 Å². The van der Waals surface area contributed by atoms with Gasteiger partial charge < -0.3 is 5.11 Å². The van der Waals surface area contributed by atoms with Gasteiger partial charge in [0, 0.05) is 6.61 Å². The topological polar surface area (TPSA) is 20.2 Å². The summed E-state index contributed by atoms with van der Waals surface area (Å²) < 4.78 is 1.27. The Balaban J connectivity index is 2.97. The molecule has 0 aromatic rings. The minimum atomic E-state index is 0.353. The Bertz CT molecular complexity index is 66.3. The molecule has 0 heterocycles. The molecule has 10 heavy (non-hydrogen) atoms. The predicted octanol–water partition coefficient (Wildman–Crippen LogP) is 2.61. The Morgan fingerprint density at radius 2 is 2.00 bits per heavy atom. The Labute approximate surface area is 77.3 Å². The van der Waals surface area contributed by atoms with Crippen molar-refractivity contribution < 1.29 is 5.11 Å². The van der Waals surface area contributed by atoms with Crippen molar-refractivity contribution in [2.75, 3.05) is 11.0 Å². The molecule has 0 aromatic carbocycles. The smallest absolute Gasteiger partial charge is 0.0433 e. The van der Waals surface area contributed by atoms with Crippen molar-refractivity contribution in [2.24, 2.45) is 5.92 Å². The highest BCUT2D eigenvalue weighted by Crippen LogP contribution is 2.11. The van der Waals surface area contributed by atoms with E-state index in [0.717, 1.165) is 6.42 Å². The number of aliphatic hydroxyl groups is 1. The van der Waals surface area contributed by atoms with Crippen molar-refractivity contribution in [1.82, 2.24) is 0 Å². The molecule has 1 N–H and O–H groups in total. The molecule has 0 aliphatic rings. The van der Waals surface area contributed by atoms with Crippen LogP contribution in [0.4, 0.5) is 0 Å². The second-order valence-corrected chi connectivity index (χ2v) is 3.88. The lowest BCUT2D eigenvalue weighted by Gasteiger charge is -2.07. The van der Waals surface area contributed by atoms with Crippen LogP contribution in [0.5, 0.6) is 0 Å². The van der Waals surface area contributed by atoms with Gasteiger partial charge in [-0.25, -0.2) is 0 Å². The normalized spacial score (nSPS) is 13.5. The monoisotopic (exact) mass is 256 g/mol. The highest BCUT2D eigenvalue weighted by Gasteiger charge is 1.99. The summed E-state index contributed by atoms with van der Waals surface area (Å²) in [4.78, 5) is 0. The van der Waals surface area contributed by atoms with E-state index in [4.69, 9.17) is 5.11 Å². The number of hydrogen-bond donors (Lipinski definition) is 1. The fourth-order valence-corrected chi connectivity index (χ4v) is 1.49. The lowest BCUT2D eigenvalue weighted by Crippen LogP contribution is -1.97. The lowest BCUT2D eigenvalue weighted by atomic mass is 10.0. The standard InChI is InChI=1S/C8H17IO/c1-8(5-7-10)4-2-3-6-9/h8,10H,2-7H2,1H3/t8-/m1/s1. The third-order valence-corrected chi connectivity index (χ3v) is 2.47. The molecule has 0 aliphatic carbocycles. The predicted molar refractivity (Wildman–Crippen MR) is 53.6 cm³/mol. The molecule has 0 amide bonds. The third-order valence-electron chi connectivity index (χ3n) is 1.70. The van der Waals surface area contributed by atoms with E-state index >= 15 is 0 Å². The van der Waals surface area contributed by atoms with Crippen molar-refractivity contribution in [3.05, 3.63) is 0 Å². The molecular weight excluding hydrogens is 239 g/mol. The van der Waals surface area contributed by atoms with Crippen molar-refractivity contribution in [3.63, 3.8) is 0 Å². The first kappa shape index (κ1) is 10.7. The number of halogens is 1. The van der Waals surface area contributed by atoms with Crippen molar-refractivity contribution in [1.29, 1.82) is 0 Å². The zero-order valence-corrected chi connectivity index (χ0v) is 8.80. The van der Waals surface area contributed by atoms with Crippen molar-refractivity contribution in [2.45, 2.75) is 32.6 Å². The number of unbranched alkanes of at least 4 members (excludes halogenated alkanes) is 1. The number of alkyl halides is 1. The molecule has 0 rings (SSSR count). The van der Waals surface area contributed by atoms with Gasteiger partial charge in [0.2, 0.25) is 0 Å². The Morgan fingerprint density at radius 3 is 2.50 bits per heavy atom. The molecule has 0 aliphatic heterocycles. The van der Waals surface area contributed by atoms with Crippen LogP contribution in [0.3, 0.4) is 0 Å². The molecule has 0 saturated carbocycles. The first-order valence-electron chi connectivity index (χ1n) is 3.98. The minimum Gasteiger partial charge on any atom is -0.396 e. The van der Waals surface area contributed by atoms with Crippen LogP contribution in [0.1, 0.15) is 32.6 Å². The molecule has 0 spiro atoms. The van der Waals surface area contributed by atoms with Crippen LogP contribution in [-0.4, -0.2) is 16.1 Å². The second-order valence-electron chi connectivity index (χ2n) is 2.80. The zero-order chi connectivity index (χ0) is 7.82. The summed E-state index contributed by atoms with van der Waals surface area (Å²) in [6.07, 6.45) is 4.91. The Hall–Kier alpha value is 0.690. The zero-order valence-electron chi connectivity index (χ0n) is 6.65. The fourth-order valence-electron chi connectivity index (χ4n) is 0.952. The van der Waals surface area contributed by atoms with E-state index in [1.807, 2.05) is 0 Å². The summed E-state index contributed by atoms with van der Waals surface area (Å²) >= 11 is 2.41. The van der Waals surface area contributed by atoms with Gasteiger partial charge in [-0.1, -0.05) is 42.4 Å².